The Bertz CT molecular complexity index is 331. The van der Waals surface area contributed by atoms with Gasteiger partial charge in [0, 0.05) is 6.54 Å². The van der Waals surface area contributed by atoms with Gasteiger partial charge in [-0.15, -0.1) is 0 Å². The summed E-state index contributed by atoms with van der Waals surface area (Å²) in [4.78, 5) is 35.2. The van der Waals surface area contributed by atoms with E-state index in [1.54, 1.807) is 0 Å². The zero-order valence-corrected chi connectivity index (χ0v) is 12.0. The van der Waals surface area contributed by atoms with Gasteiger partial charge in [0.05, 0.1) is 6.42 Å². The lowest BCUT2D eigenvalue weighted by Gasteiger charge is -2.18. The van der Waals surface area contributed by atoms with Crippen molar-refractivity contribution >= 4 is 17.9 Å². The van der Waals surface area contributed by atoms with E-state index in [0.29, 0.717) is 6.54 Å². The summed E-state index contributed by atoms with van der Waals surface area (Å²) in [6, 6.07) is -1.91. The van der Waals surface area contributed by atoms with Crippen LogP contribution in [-0.2, 0) is 9.59 Å². The van der Waals surface area contributed by atoms with Gasteiger partial charge in [-0.25, -0.2) is 9.59 Å². The number of urea groups is 1. The molecule has 0 bridgehead atoms. The molecular formula is C12H24N4O4. The maximum absolute atomic E-state index is 11.5. The molecule has 0 spiro atoms. The number of rotatable bonds is 10. The topological polar surface area (TPSA) is 125 Å². The van der Waals surface area contributed by atoms with E-state index in [1.165, 1.54) is 0 Å². The van der Waals surface area contributed by atoms with E-state index in [2.05, 4.69) is 29.4 Å². The van der Waals surface area contributed by atoms with E-state index in [1.807, 2.05) is 0 Å². The van der Waals surface area contributed by atoms with Crippen molar-refractivity contribution in [1.82, 2.24) is 15.5 Å². The molecule has 0 unspecified atom stereocenters. The lowest BCUT2D eigenvalue weighted by Crippen LogP contribution is -2.48. The minimum absolute atomic E-state index is 0.428. The molecule has 0 aliphatic carbocycles. The molecule has 8 heteroatoms. The van der Waals surface area contributed by atoms with Crippen LogP contribution >= 0.6 is 0 Å². The number of hydrogen-bond donors (Lipinski definition) is 4. The molecule has 0 saturated heterocycles. The number of aliphatic carboxylic acids is 1. The van der Waals surface area contributed by atoms with E-state index in [-0.39, 0.29) is 0 Å². The quantitative estimate of drug-likeness (QED) is 0.397. The molecule has 3 amide bonds. The number of amides is 3. The highest BCUT2D eigenvalue weighted by Crippen LogP contribution is 1.92. The largest absolute Gasteiger partial charge is 0.480 e. The standard InChI is InChI=1S/C12H24N4O4/c1-3-16(4-2)7-5-6-14-12(20)15-9(11(18)19)8-10(13)17/h9H,3-8H2,1-2H3,(H2,13,17)(H,18,19)(H2,14,15,20)/t9-/m1/s1. The highest BCUT2D eigenvalue weighted by molar-refractivity contribution is 5.87. The fourth-order valence-corrected chi connectivity index (χ4v) is 1.65. The van der Waals surface area contributed by atoms with Crippen LogP contribution in [0.5, 0.6) is 0 Å². The lowest BCUT2D eigenvalue weighted by atomic mass is 10.2. The molecule has 0 aliphatic rings. The van der Waals surface area contributed by atoms with E-state index < -0.39 is 30.4 Å². The number of hydrogen-bond acceptors (Lipinski definition) is 4. The monoisotopic (exact) mass is 288 g/mol. The molecule has 20 heavy (non-hydrogen) atoms. The summed E-state index contributed by atoms with van der Waals surface area (Å²) in [5.74, 6) is -2.07. The molecule has 0 aromatic heterocycles. The zero-order valence-electron chi connectivity index (χ0n) is 12.0. The Morgan fingerprint density at radius 1 is 1.25 bits per heavy atom. The summed E-state index contributed by atoms with van der Waals surface area (Å²) < 4.78 is 0. The Balaban J connectivity index is 3.96. The fourth-order valence-electron chi connectivity index (χ4n) is 1.65. The average Bonchev–Trinajstić information content (AvgIpc) is 2.37. The number of primary amides is 1. The van der Waals surface area contributed by atoms with E-state index in [9.17, 15) is 14.4 Å². The molecule has 5 N–H and O–H groups in total. The van der Waals surface area contributed by atoms with E-state index >= 15 is 0 Å². The number of nitrogens with one attached hydrogen (secondary N) is 2. The summed E-state index contributed by atoms with van der Waals surface area (Å²) >= 11 is 0. The summed E-state index contributed by atoms with van der Waals surface area (Å²) in [5, 5.41) is 13.6. The molecule has 0 aromatic carbocycles. The van der Waals surface area contributed by atoms with Crippen molar-refractivity contribution in [1.29, 1.82) is 0 Å². The van der Waals surface area contributed by atoms with Crippen LogP contribution in [0.15, 0.2) is 0 Å². The Kier molecular flexibility index (Phi) is 9.10. The minimum Gasteiger partial charge on any atom is -0.480 e. The van der Waals surface area contributed by atoms with Crippen LogP contribution in [0.1, 0.15) is 26.7 Å². The second-order valence-corrected chi connectivity index (χ2v) is 4.34. The number of nitrogens with zero attached hydrogens (tertiary/aromatic N) is 1. The fraction of sp³-hybridized carbons (Fsp3) is 0.750. The van der Waals surface area contributed by atoms with E-state index in [4.69, 9.17) is 10.8 Å². The van der Waals surface area contributed by atoms with Crippen LogP contribution in [0.4, 0.5) is 4.79 Å². The SMILES string of the molecule is CCN(CC)CCCNC(=O)N[C@H](CC(N)=O)C(=O)O. The predicted octanol–water partition coefficient (Wildman–Crippen LogP) is -0.654. The third-order valence-electron chi connectivity index (χ3n) is 2.84. The summed E-state index contributed by atoms with van der Waals surface area (Å²) in [6.07, 6.45) is 0.338. The van der Waals surface area contributed by atoms with Gasteiger partial charge < -0.3 is 26.4 Å². The maximum Gasteiger partial charge on any atom is 0.326 e. The first kappa shape index (κ1) is 18.2. The van der Waals surface area contributed by atoms with Gasteiger partial charge >= 0.3 is 12.0 Å². The number of carboxylic acids is 1. The van der Waals surface area contributed by atoms with Crippen molar-refractivity contribution in [3.8, 4) is 0 Å². The molecule has 8 nitrogen and oxygen atoms in total. The Morgan fingerprint density at radius 2 is 1.85 bits per heavy atom. The predicted molar refractivity (Wildman–Crippen MR) is 74.2 cm³/mol. The van der Waals surface area contributed by atoms with Crippen molar-refractivity contribution in [2.75, 3.05) is 26.2 Å². The maximum atomic E-state index is 11.5. The van der Waals surface area contributed by atoms with Crippen LogP contribution in [0.3, 0.4) is 0 Å². The first-order valence-electron chi connectivity index (χ1n) is 6.68. The molecule has 0 radical (unpaired) electrons. The number of nitrogens with two attached hydrogens (primary N) is 1. The van der Waals surface area contributed by atoms with Crippen molar-refractivity contribution in [2.24, 2.45) is 5.73 Å². The number of carbonyl (C=O) groups is 3. The van der Waals surface area contributed by atoms with Gasteiger partial charge in [-0.05, 0) is 26.1 Å². The highest BCUT2D eigenvalue weighted by Gasteiger charge is 2.21. The van der Waals surface area contributed by atoms with Gasteiger partial charge in [0.25, 0.3) is 0 Å². The molecule has 0 saturated carbocycles. The molecule has 0 aromatic rings. The van der Waals surface area contributed by atoms with Gasteiger partial charge in [-0.1, -0.05) is 13.8 Å². The second kappa shape index (κ2) is 10.0. The van der Waals surface area contributed by atoms with Crippen LogP contribution in [0, 0.1) is 0 Å². The second-order valence-electron chi connectivity index (χ2n) is 4.34. The van der Waals surface area contributed by atoms with Gasteiger partial charge in [0.1, 0.15) is 6.04 Å². The van der Waals surface area contributed by atoms with Gasteiger partial charge in [-0.2, -0.15) is 0 Å². The van der Waals surface area contributed by atoms with Gasteiger partial charge in [0.15, 0.2) is 0 Å². The van der Waals surface area contributed by atoms with Gasteiger partial charge in [0.2, 0.25) is 5.91 Å². The minimum atomic E-state index is -1.30. The third-order valence-corrected chi connectivity index (χ3v) is 2.84. The molecular weight excluding hydrogens is 264 g/mol. The summed E-state index contributed by atoms with van der Waals surface area (Å²) in [6.45, 7) is 7.31. The van der Waals surface area contributed by atoms with E-state index in [0.717, 1.165) is 26.1 Å². The summed E-state index contributed by atoms with van der Waals surface area (Å²) in [7, 11) is 0. The Morgan fingerprint density at radius 3 is 2.30 bits per heavy atom. The molecule has 0 aliphatic heterocycles. The van der Waals surface area contributed by atoms with Crippen LogP contribution in [-0.4, -0.2) is 60.1 Å². The molecule has 116 valence electrons. The first-order chi connectivity index (χ1) is 9.40. The number of carboxylic acid groups (broad SMARTS) is 1. The summed E-state index contributed by atoms with van der Waals surface area (Å²) in [5.41, 5.74) is 4.91. The van der Waals surface area contributed by atoms with Crippen molar-refractivity contribution in [2.45, 2.75) is 32.7 Å². The molecule has 1 atom stereocenters. The van der Waals surface area contributed by atoms with Crippen LogP contribution in [0.25, 0.3) is 0 Å². The highest BCUT2D eigenvalue weighted by atomic mass is 16.4. The van der Waals surface area contributed by atoms with Crippen molar-refractivity contribution in [3.63, 3.8) is 0 Å². The van der Waals surface area contributed by atoms with Crippen molar-refractivity contribution in [3.05, 3.63) is 0 Å². The lowest BCUT2D eigenvalue weighted by molar-refractivity contribution is -0.140. The average molecular weight is 288 g/mol. The van der Waals surface area contributed by atoms with Gasteiger partial charge in [-0.3, -0.25) is 4.79 Å². The molecule has 0 rings (SSSR count). The molecule has 0 heterocycles. The normalized spacial score (nSPS) is 11.9. The zero-order chi connectivity index (χ0) is 15.5. The van der Waals surface area contributed by atoms with Crippen LogP contribution < -0.4 is 16.4 Å². The smallest absolute Gasteiger partial charge is 0.326 e. The van der Waals surface area contributed by atoms with Crippen molar-refractivity contribution < 1.29 is 19.5 Å². The molecule has 0 fully saturated rings. The van der Waals surface area contributed by atoms with Crippen LogP contribution in [0.2, 0.25) is 0 Å². The third kappa shape index (κ3) is 8.30. The Labute approximate surface area is 118 Å². The number of carbonyl (C=O) groups excluding carboxylic acids is 2. The Hall–Kier alpha value is -1.83. The first-order valence-corrected chi connectivity index (χ1v) is 6.68.